The summed E-state index contributed by atoms with van der Waals surface area (Å²) < 4.78 is 0. The van der Waals surface area contributed by atoms with Crippen LogP contribution in [0.15, 0.2) is 30.3 Å². The van der Waals surface area contributed by atoms with Gasteiger partial charge in [-0.3, -0.25) is 9.69 Å². The Morgan fingerprint density at radius 2 is 1.95 bits per heavy atom. The molecule has 5 nitrogen and oxygen atoms in total. The Kier molecular flexibility index (Phi) is 4.61. The lowest BCUT2D eigenvalue weighted by Gasteiger charge is -2.18. The van der Waals surface area contributed by atoms with Gasteiger partial charge in [0.1, 0.15) is 6.54 Å². The van der Waals surface area contributed by atoms with E-state index in [1.807, 2.05) is 44.2 Å². The molecule has 0 bridgehead atoms. The lowest BCUT2D eigenvalue weighted by Crippen LogP contribution is -2.40. The average molecular weight is 275 g/mol. The van der Waals surface area contributed by atoms with Gasteiger partial charge < -0.3 is 10.2 Å². The second-order valence-corrected chi connectivity index (χ2v) is 5.39. The molecule has 1 fully saturated rings. The first-order valence-electron chi connectivity index (χ1n) is 6.96. The molecule has 2 rings (SSSR count). The quantitative estimate of drug-likeness (QED) is 0.889. The molecule has 0 spiro atoms. The van der Waals surface area contributed by atoms with Crippen molar-refractivity contribution in [3.05, 3.63) is 30.3 Å². The smallest absolute Gasteiger partial charge is 0.325 e. The third-order valence-corrected chi connectivity index (χ3v) is 3.20. The van der Waals surface area contributed by atoms with Crippen molar-refractivity contribution >= 4 is 17.6 Å². The van der Waals surface area contributed by atoms with Gasteiger partial charge in [0.25, 0.3) is 0 Å². The third-order valence-electron chi connectivity index (χ3n) is 3.20. The first-order chi connectivity index (χ1) is 9.58. The lowest BCUT2D eigenvalue weighted by atomic mass is 10.2. The van der Waals surface area contributed by atoms with Crippen LogP contribution in [-0.2, 0) is 4.79 Å². The Morgan fingerprint density at radius 1 is 1.25 bits per heavy atom. The van der Waals surface area contributed by atoms with Crippen LogP contribution < -0.4 is 10.2 Å². The molecule has 1 N–H and O–H groups in total. The molecule has 3 amide bonds. The number of para-hydroxylation sites is 1. The number of urea groups is 1. The normalized spacial score (nSPS) is 15.1. The van der Waals surface area contributed by atoms with Crippen molar-refractivity contribution in [2.24, 2.45) is 5.92 Å². The lowest BCUT2D eigenvalue weighted by molar-refractivity contribution is -0.121. The zero-order valence-corrected chi connectivity index (χ0v) is 12.0. The van der Waals surface area contributed by atoms with E-state index >= 15 is 0 Å². The number of amides is 3. The van der Waals surface area contributed by atoms with Gasteiger partial charge in [-0.05, 0) is 18.1 Å². The molecule has 0 aromatic heterocycles. The van der Waals surface area contributed by atoms with Gasteiger partial charge in [0.15, 0.2) is 0 Å². The van der Waals surface area contributed by atoms with E-state index in [1.54, 1.807) is 9.80 Å². The zero-order chi connectivity index (χ0) is 14.5. The third kappa shape index (κ3) is 3.50. The highest BCUT2D eigenvalue weighted by Crippen LogP contribution is 2.19. The molecule has 0 unspecified atom stereocenters. The molecule has 1 aliphatic heterocycles. The number of rotatable bonds is 5. The SMILES string of the molecule is CC(C)CNC(=O)CN1CCN(c2ccccc2)C1=O. The predicted molar refractivity (Wildman–Crippen MR) is 78.6 cm³/mol. The highest BCUT2D eigenvalue weighted by atomic mass is 16.2. The highest BCUT2D eigenvalue weighted by Gasteiger charge is 2.30. The monoisotopic (exact) mass is 275 g/mol. The largest absolute Gasteiger partial charge is 0.354 e. The van der Waals surface area contributed by atoms with Crippen molar-refractivity contribution in [2.75, 3.05) is 31.1 Å². The van der Waals surface area contributed by atoms with Crippen LogP contribution in [0.25, 0.3) is 0 Å². The van der Waals surface area contributed by atoms with Gasteiger partial charge in [-0.15, -0.1) is 0 Å². The van der Waals surface area contributed by atoms with Crippen molar-refractivity contribution < 1.29 is 9.59 Å². The van der Waals surface area contributed by atoms with Crippen molar-refractivity contribution in [3.63, 3.8) is 0 Å². The number of hydrogen-bond donors (Lipinski definition) is 1. The summed E-state index contributed by atoms with van der Waals surface area (Å²) in [6.45, 7) is 6.07. The average Bonchev–Trinajstić information content (AvgIpc) is 2.79. The van der Waals surface area contributed by atoms with Crippen molar-refractivity contribution in [2.45, 2.75) is 13.8 Å². The molecule has 0 saturated carbocycles. The second-order valence-electron chi connectivity index (χ2n) is 5.39. The Bertz CT molecular complexity index is 473. The summed E-state index contributed by atoms with van der Waals surface area (Å²) in [6, 6.07) is 9.43. The van der Waals surface area contributed by atoms with Crippen molar-refractivity contribution in [1.82, 2.24) is 10.2 Å². The van der Waals surface area contributed by atoms with Crippen LogP contribution in [0, 0.1) is 5.92 Å². The van der Waals surface area contributed by atoms with Gasteiger partial charge in [-0.25, -0.2) is 4.79 Å². The second kappa shape index (κ2) is 6.41. The van der Waals surface area contributed by atoms with E-state index in [2.05, 4.69) is 5.32 Å². The van der Waals surface area contributed by atoms with E-state index in [4.69, 9.17) is 0 Å². The Balaban J connectivity index is 1.90. The van der Waals surface area contributed by atoms with E-state index in [9.17, 15) is 9.59 Å². The molecular weight excluding hydrogens is 254 g/mol. The van der Waals surface area contributed by atoms with Crippen LogP contribution in [0.4, 0.5) is 10.5 Å². The van der Waals surface area contributed by atoms with Crippen molar-refractivity contribution in [1.29, 1.82) is 0 Å². The maximum absolute atomic E-state index is 12.3. The molecular formula is C15H21N3O2. The van der Waals surface area contributed by atoms with Gasteiger partial charge in [0.05, 0.1) is 0 Å². The van der Waals surface area contributed by atoms with E-state index in [-0.39, 0.29) is 18.5 Å². The van der Waals surface area contributed by atoms with E-state index in [0.29, 0.717) is 25.6 Å². The molecule has 1 aliphatic rings. The van der Waals surface area contributed by atoms with Gasteiger partial charge in [0, 0.05) is 25.3 Å². The van der Waals surface area contributed by atoms with Crippen LogP contribution in [0.5, 0.6) is 0 Å². The molecule has 0 atom stereocenters. The standard InChI is InChI=1S/C15H21N3O2/c1-12(2)10-16-14(19)11-17-8-9-18(15(17)20)13-6-4-3-5-7-13/h3-7,12H,8-11H2,1-2H3,(H,16,19). The van der Waals surface area contributed by atoms with Gasteiger partial charge in [0.2, 0.25) is 5.91 Å². The fourth-order valence-electron chi connectivity index (χ4n) is 2.12. The first-order valence-corrected chi connectivity index (χ1v) is 6.96. The minimum Gasteiger partial charge on any atom is -0.354 e. The summed E-state index contributed by atoms with van der Waals surface area (Å²) in [5.41, 5.74) is 0.877. The maximum Gasteiger partial charge on any atom is 0.325 e. The fraction of sp³-hybridized carbons (Fsp3) is 0.467. The molecule has 5 heteroatoms. The van der Waals surface area contributed by atoms with E-state index in [1.165, 1.54) is 0 Å². The molecule has 1 aromatic rings. The van der Waals surface area contributed by atoms with Crippen LogP contribution in [0.3, 0.4) is 0 Å². The molecule has 1 aromatic carbocycles. The minimum atomic E-state index is -0.101. The number of carbonyl (C=O) groups excluding carboxylic acids is 2. The number of anilines is 1. The number of carbonyl (C=O) groups is 2. The maximum atomic E-state index is 12.3. The van der Waals surface area contributed by atoms with Crippen LogP contribution in [0.1, 0.15) is 13.8 Å². The Morgan fingerprint density at radius 3 is 2.60 bits per heavy atom. The number of hydrogen-bond acceptors (Lipinski definition) is 2. The van der Waals surface area contributed by atoms with Crippen LogP contribution in [-0.4, -0.2) is 43.0 Å². The Hall–Kier alpha value is -2.04. The predicted octanol–water partition coefficient (Wildman–Crippen LogP) is 1.70. The van der Waals surface area contributed by atoms with Crippen molar-refractivity contribution in [3.8, 4) is 0 Å². The molecule has 108 valence electrons. The molecule has 20 heavy (non-hydrogen) atoms. The summed E-state index contributed by atoms with van der Waals surface area (Å²) in [4.78, 5) is 27.3. The van der Waals surface area contributed by atoms with Gasteiger partial charge in [-0.2, -0.15) is 0 Å². The van der Waals surface area contributed by atoms with E-state index in [0.717, 1.165) is 5.69 Å². The number of nitrogens with one attached hydrogen (secondary N) is 1. The molecule has 0 aliphatic carbocycles. The molecule has 1 heterocycles. The molecule has 0 radical (unpaired) electrons. The fourth-order valence-corrected chi connectivity index (χ4v) is 2.12. The van der Waals surface area contributed by atoms with Crippen LogP contribution in [0.2, 0.25) is 0 Å². The topological polar surface area (TPSA) is 52.7 Å². The van der Waals surface area contributed by atoms with Crippen LogP contribution >= 0.6 is 0 Å². The molecule has 1 saturated heterocycles. The summed E-state index contributed by atoms with van der Waals surface area (Å²) in [7, 11) is 0. The zero-order valence-electron chi connectivity index (χ0n) is 12.0. The summed E-state index contributed by atoms with van der Waals surface area (Å²) in [5, 5.41) is 2.83. The Labute approximate surface area is 119 Å². The summed E-state index contributed by atoms with van der Waals surface area (Å²) in [5.74, 6) is 0.316. The van der Waals surface area contributed by atoms with Gasteiger partial charge in [-0.1, -0.05) is 32.0 Å². The summed E-state index contributed by atoms with van der Waals surface area (Å²) >= 11 is 0. The minimum absolute atomic E-state index is 0.0954. The first kappa shape index (κ1) is 14.4. The highest BCUT2D eigenvalue weighted by molar-refractivity contribution is 5.96. The van der Waals surface area contributed by atoms with E-state index < -0.39 is 0 Å². The summed E-state index contributed by atoms with van der Waals surface area (Å²) in [6.07, 6.45) is 0. The number of nitrogens with zero attached hydrogens (tertiary/aromatic N) is 2. The number of benzene rings is 1. The van der Waals surface area contributed by atoms with Gasteiger partial charge >= 0.3 is 6.03 Å².